The SMILES string of the molecule is CCn1nc(C)cc1C(=O)Nc1nc2cc(C(N)=O)cc(O)c2n1C/C=C/CNC(=O)OC(C)(C)C. The smallest absolute Gasteiger partial charge is 0.407 e. The fourth-order valence-corrected chi connectivity index (χ4v) is 3.52. The Morgan fingerprint density at radius 3 is 2.56 bits per heavy atom. The molecule has 1 aromatic carbocycles. The van der Waals surface area contributed by atoms with Crippen LogP contribution in [-0.4, -0.2) is 54.5 Å². The molecule has 36 heavy (non-hydrogen) atoms. The molecule has 0 radical (unpaired) electrons. The van der Waals surface area contributed by atoms with Gasteiger partial charge in [0.05, 0.1) is 11.2 Å². The van der Waals surface area contributed by atoms with E-state index in [1.54, 1.807) is 55.2 Å². The van der Waals surface area contributed by atoms with Crippen LogP contribution >= 0.6 is 0 Å². The molecule has 0 fully saturated rings. The van der Waals surface area contributed by atoms with Gasteiger partial charge in [0, 0.05) is 25.2 Å². The maximum absolute atomic E-state index is 13.0. The lowest BCUT2D eigenvalue weighted by molar-refractivity contribution is 0.0533. The maximum atomic E-state index is 13.0. The number of carbonyl (C=O) groups excluding carboxylic acids is 3. The third-order valence-corrected chi connectivity index (χ3v) is 4.98. The third-order valence-electron chi connectivity index (χ3n) is 4.98. The Hall–Kier alpha value is -4.35. The average Bonchev–Trinajstić information content (AvgIpc) is 3.32. The van der Waals surface area contributed by atoms with Crippen molar-refractivity contribution in [1.29, 1.82) is 0 Å². The summed E-state index contributed by atoms with van der Waals surface area (Å²) < 4.78 is 8.35. The number of nitrogens with two attached hydrogens (primary N) is 1. The number of amides is 3. The fourth-order valence-electron chi connectivity index (χ4n) is 3.52. The largest absolute Gasteiger partial charge is 0.506 e. The molecule has 0 atom stereocenters. The number of nitrogens with zero attached hydrogens (tertiary/aromatic N) is 4. The predicted molar refractivity (Wildman–Crippen MR) is 134 cm³/mol. The molecule has 0 aliphatic heterocycles. The maximum Gasteiger partial charge on any atom is 0.407 e. The number of benzene rings is 1. The quantitative estimate of drug-likeness (QED) is 0.347. The van der Waals surface area contributed by atoms with Crippen molar-refractivity contribution in [2.45, 2.75) is 53.3 Å². The number of carbonyl (C=O) groups is 3. The van der Waals surface area contributed by atoms with E-state index >= 15 is 0 Å². The summed E-state index contributed by atoms with van der Waals surface area (Å²) in [7, 11) is 0. The molecule has 2 aromatic heterocycles. The zero-order valence-electron chi connectivity index (χ0n) is 21.0. The fraction of sp³-hybridized carbons (Fsp3) is 0.375. The summed E-state index contributed by atoms with van der Waals surface area (Å²) in [5.74, 6) is -1.22. The summed E-state index contributed by atoms with van der Waals surface area (Å²) in [5.41, 5.74) is 6.47. The van der Waals surface area contributed by atoms with E-state index in [2.05, 4.69) is 20.7 Å². The van der Waals surface area contributed by atoms with Crippen molar-refractivity contribution in [1.82, 2.24) is 24.6 Å². The standard InChI is InChI=1S/C24H31N7O5/c1-6-31-17(11-14(2)29-31)21(34)28-22-27-16-12-15(20(25)33)13-18(32)19(16)30(22)10-8-7-9-26-23(35)36-24(3,4)5/h7-8,11-13,32H,6,9-10H2,1-5H3,(H2,25,33)(H,26,35)(H,27,28,34)/b8-7+. The number of imidazole rings is 1. The molecule has 3 amide bonds. The van der Waals surface area contributed by atoms with E-state index in [9.17, 15) is 19.5 Å². The van der Waals surface area contributed by atoms with Crippen molar-refractivity contribution in [2.24, 2.45) is 5.73 Å². The van der Waals surface area contributed by atoms with Gasteiger partial charge in [0.15, 0.2) is 0 Å². The minimum atomic E-state index is -0.720. The lowest BCUT2D eigenvalue weighted by Gasteiger charge is -2.19. The Labute approximate surface area is 208 Å². The highest BCUT2D eigenvalue weighted by atomic mass is 16.6. The molecule has 0 unspecified atom stereocenters. The number of anilines is 1. The van der Waals surface area contributed by atoms with Crippen LogP contribution in [0.4, 0.5) is 10.7 Å². The average molecular weight is 498 g/mol. The molecule has 12 nitrogen and oxygen atoms in total. The van der Waals surface area contributed by atoms with Crippen LogP contribution in [0.1, 0.15) is 54.2 Å². The number of aromatic nitrogens is 4. The number of phenols is 1. The third kappa shape index (κ3) is 6.20. The number of alkyl carbamates (subject to hydrolysis) is 1. The number of phenolic OH excluding ortho intramolecular Hbond substituents is 1. The number of aryl methyl sites for hydroxylation is 2. The van der Waals surface area contributed by atoms with Gasteiger partial charge in [-0.2, -0.15) is 5.10 Å². The number of allylic oxidation sites excluding steroid dienone is 1. The van der Waals surface area contributed by atoms with E-state index in [1.165, 1.54) is 12.1 Å². The molecule has 0 bridgehead atoms. The molecule has 0 aliphatic rings. The van der Waals surface area contributed by atoms with Crippen LogP contribution in [0, 0.1) is 6.92 Å². The van der Waals surface area contributed by atoms with E-state index in [4.69, 9.17) is 10.5 Å². The zero-order chi connectivity index (χ0) is 26.6. The first kappa shape index (κ1) is 26.3. The van der Waals surface area contributed by atoms with Crippen LogP contribution in [0.2, 0.25) is 0 Å². The number of fused-ring (bicyclic) bond motifs is 1. The van der Waals surface area contributed by atoms with Gasteiger partial charge in [0.2, 0.25) is 11.9 Å². The Morgan fingerprint density at radius 2 is 1.92 bits per heavy atom. The topological polar surface area (TPSA) is 166 Å². The second kappa shape index (κ2) is 10.5. The van der Waals surface area contributed by atoms with Crippen molar-refractivity contribution >= 4 is 34.9 Å². The molecule has 12 heteroatoms. The van der Waals surface area contributed by atoms with Crippen LogP contribution in [0.3, 0.4) is 0 Å². The van der Waals surface area contributed by atoms with Crippen molar-refractivity contribution in [2.75, 3.05) is 11.9 Å². The van der Waals surface area contributed by atoms with Crippen molar-refractivity contribution in [3.05, 3.63) is 47.3 Å². The summed E-state index contributed by atoms with van der Waals surface area (Å²) in [5, 5.41) is 20.3. The van der Waals surface area contributed by atoms with E-state index in [0.717, 1.165) is 0 Å². The van der Waals surface area contributed by atoms with Gasteiger partial charge in [-0.3, -0.25) is 19.6 Å². The molecular weight excluding hydrogens is 466 g/mol. The highest BCUT2D eigenvalue weighted by molar-refractivity contribution is 6.04. The number of rotatable bonds is 8. The number of ether oxygens (including phenoxy) is 1. The summed E-state index contributed by atoms with van der Waals surface area (Å²) in [6, 6.07) is 4.35. The second-order valence-corrected chi connectivity index (χ2v) is 9.07. The Bertz CT molecular complexity index is 1330. The summed E-state index contributed by atoms with van der Waals surface area (Å²) in [6.07, 6.45) is 2.88. The van der Waals surface area contributed by atoms with Gasteiger partial charge in [-0.25, -0.2) is 9.78 Å². The van der Waals surface area contributed by atoms with E-state index in [1.807, 2.05) is 6.92 Å². The van der Waals surface area contributed by atoms with Gasteiger partial charge in [-0.05, 0) is 52.8 Å². The number of nitrogens with one attached hydrogen (secondary N) is 2. The first-order chi connectivity index (χ1) is 16.9. The normalized spacial score (nSPS) is 11.7. The molecule has 3 aromatic rings. The number of hydrogen-bond acceptors (Lipinski definition) is 7. The summed E-state index contributed by atoms with van der Waals surface area (Å²) in [6.45, 7) is 9.88. The molecule has 3 rings (SSSR count). The van der Waals surface area contributed by atoms with Gasteiger partial charge >= 0.3 is 6.09 Å². The van der Waals surface area contributed by atoms with Gasteiger partial charge in [0.25, 0.3) is 5.91 Å². The highest BCUT2D eigenvalue weighted by Crippen LogP contribution is 2.30. The van der Waals surface area contributed by atoms with Crippen LogP contribution in [0.15, 0.2) is 30.4 Å². The van der Waals surface area contributed by atoms with Crippen LogP contribution in [0.25, 0.3) is 11.0 Å². The molecule has 0 aliphatic carbocycles. The predicted octanol–water partition coefficient (Wildman–Crippen LogP) is 2.70. The number of aromatic hydroxyl groups is 1. The van der Waals surface area contributed by atoms with Gasteiger partial charge < -0.3 is 25.5 Å². The lowest BCUT2D eigenvalue weighted by Crippen LogP contribution is -2.32. The Kier molecular flexibility index (Phi) is 7.66. The molecule has 0 saturated heterocycles. The zero-order valence-corrected chi connectivity index (χ0v) is 21.0. The molecule has 2 heterocycles. The van der Waals surface area contributed by atoms with Crippen molar-refractivity contribution in [3.63, 3.8) is 0 Å². The van der Waals surface area contributed by atoms with Gasteiger partial charge in [-0.15, -0.1) is 0 Å². The first-order valence-corrected chi connectivity index (χ1v) is 11.4. The Balaban J connectivity index is 1.89. The summed E-state index contributed by atoms with van der Waals surface area (Å²) in [4.78, 5) is 40.9. The van der Waals surface area contributed by atoms with Gasteiger partial charge in [-0.1, -0.05) is 12.2 Å². The van der Waals surface area contributed by atoms with Gasteiger partial charge in [0.1, 0.15) is 22.6 Å². The lowest BCUT2D eigenvalue weighted by atomic mass is 10.1. The molecule has 0 saturated carbocycles. The number of hydrogen-bond donors (Lipinski definition) is 4. The monoisotopic (exact) mass is 497 g/mol. The Morgan fingerprint density at radius 1 is 1.19 bits per heavy atom. The molecule has 0 spiro atoms. The van der Waals surface area contributed by atoms with Crippen LogP contribution < -0.4 is 16.4 Å². The van der Waals surface area contributed by atoms with E-state index in [0.29, 0.717) is 23.4 Å². The van der Waals surface area contributed by atoms with Crippen LogP contribution in [-0.2, 0) is 17.8 Å². The molecule has 5 N–H and O–H groups in total. The highest BCUT2D eigenvalue weighted by Gasteiger charge is 2.20. The minimum Gasteiger partial charge on any atom is -0.506 e. The summed E-state index contributed by atoms with van der Waals surface area (Å²) >= 11 is 0. The minimum absolute atomic E-state index is 0.0827. The molecular formula is C24H31N7O5. The number of primary amides is 1. The van der Waals surface area contributed by atoms with Crippen LogP contribution in [0.5, 0.6) is 5.75 Å². The van der Waals surface area contributed by atoms with E-state index in [-0.39, 0.29) is 35.9 Å². The van der Waals surface area contributed by atoms with E-state index < -0.39 is 23.5 Å². The second-order valence-electron chi connectivity index (χ2n) is 9.07. The van der Waals surface area contributed by atoms with Crippen molar-refractivity contribution in [3.8, 4) is 5.75 Å². The van der Waals surface area contributed by atoms with Crippen molar-refractivity contribution < 1.29 is 24.2 Å². The molecule has 192 valence electrons. The first-order valence-electron chi connectivity index (χ1n) is 11.4.